The first-order valence-electron chi connectivity index (χ1n) is 10.8. The molecule has 0 aromatic heterocycles. The Hall–Kier alpha value is -3.74. The van der Waals surface area contributed by atoms with Crippen molar-refractivity contribution in [2.75, 3.05) is 18.1 Å². The number of ether oxygens (including phenoxy) is 2. The Kier molecular flexibility index (Phi) is 5.54. The lowest BCUT2D eigenvalue weighted by Crippen LogP contribution is -2.31. The van der Waals surface area contributed by atoms with Gasteiger partial charge in [0.1, 0.15) is 0 Å². The number of rotatable bonds is 5. The highest BCUT2D eigenvalue weighted by Crippen LogP contribution is 2.42. The number of carbonyl (C=O) groups excluding carboxylic acids is 2. The van der Waals surface area contributed by atoms with E-state index in [9.17, 15) is 14.7 Å². The second kappa shape index (κ2) is 8.65. The lowest BCUT2D eigenvalue weighted by atomic mass is 9.92. The van der Waals surface area contributed by atoms with Crippen molar-refractivity contribution >= 4 is 17.4 Å². The number of aryl methyl sites for hydroxylation is 1. The summed E-state index contributed by atoms with van der Waals surface area (Å²) in [5.74, 6) is -1.51. The summed E-state index contributed by atoms with van der Waals surface area (Å²) >= 11 is 0. The molecule has 1 atom stereocenters. The van der Waals surface area contributed by atoms with Crippen LogP contribution in [-0.4, -0.2) is 30.0 Å². The fourth-order valence-electron chi connectivity index (χ4n) is 4.26. The van der Waals surface area contributed by atoms with Crippen LogP contribution in [0.2, 0.25) is 0 Å². The number of Topliss-reactive ketones (excluding diaryl/α,β-unsaturated/α-hetero) is 1. The molecule has 1 N–H and O–H groups in total. The number of hydrogen-bond donors (Lipinski definition) is 1. The van der Waals surface area contributed by atoms with E-state index in [1.807, 2.05) is 61.5 Å². The minimum atomic E-state index is -0.752. The van der Waals surface area contributed by atoms with E-state index in [0.717, 1.165) is 16.7 Å². The molecule has 0 spiro atoms. The van der Waals surface area contributed by atoms with Crippen molar-refractivity contribution < 1.29 is 24.2 Å². The van der Waals surface area contributed by atoms with Gasteiger partial charge in [-0.3, -0.25) is 14.5 Å². The molecule has 0 bridgehead atoms. The summed E-state index contributed by atoms with van der Waals surface area (Å²) in [6, 6.07) is 22.8. The molecular formula is C27H23NO5. The molecule has 1 saturated heterocycles. The van der Waals surface area contributed by atoms with Gasteiger partial charge < -0.3 is 14.6 Å². The molecule has 1 amide bonds. The van der Waals surface area contributed by atoms with Crippen LogP contribution in [0.5, 0.6) is 0 Å². The fraction of sp³-hybridized carbons (Fsp3) is 0.185. The van der Waals surface area contributed by atoms with E-state index < -0.39 is 24.0 Å². The van der Waals surface area contributed by atoms with Crippen LogP contribution in [0.25, 0.3) is 0 Å². The summed E-state index contributed by atoms with van der Waals surface area (Å²) in [5.41, 5.74) is 3.65. The third kappa shape index (κ3) is 3.84. The van der Waals surface area contributed by atoms with Crippen molar-refractivity contribution in [3.05, 3.63) is 112 Å². The van der Waals surface area contributed by atoms with Gasteiger partial charge in [-0.25, -0.2) is 0 Å². The molecule has 0 saturated carbocycles. The fourth-order valence-corrected chi connectivity index (χ4v) is 4.26. The van der Waals surface area contributed by atoms with Gasteiger partial charge in [0.25, 0.3) is 5.91 Å². The molecule has 2 aliphatic heterocycles. The van der Waals surface area contributed by atoms with E-state index in [1.165, 1.54) is 4.90 Å². The van der Waals surface area contributed by atoms with Gasteiger partial charge in [-0.05, 0) is 24.6 Å². The molecule has 0 aliphatic carbocycles. The molecule has 5 rings (SSSR count). The number of anilines is 1. The van der Waals surface area contributed by atoms with Crippen LogP contribution < -0.4 is 4.90 Å². The minimum Gasteiger partial charge on any atom is -0.503 e. The largest absolute Gasteiger partial charge is 0.503 e. The average molecular weight is 441 g/mol. The van der Waals surface area contributed by atoms with E-state index in [2.05, 4.69) is 0 Å². The first-order valence-corrected chi connectivity index (χ1v) is 10.8. The van der Waals surface area contributed by atoms with Gasteiger partial charge in [0.05, 0.1) is 24.8 Å². The van der Waals surface area contributed by atoms with E-state index in [0.29, 0.717) is 24.5 Å². The SMILES string of the molecule is Cc1ccc(C(=O)C2=C(O)C(=O)N(c3ccc(C4OCCO4)cc3)C2c2ccccc2)cc1. The van der Waals surface area contributed by atoms with Gasteiger partial charge in [0, 0.05) is 16.8 Å². The van der Waals surface area contributed by atoms with Crippen molar-refractivity contribution in [3.63, 3.8) is 0 Å². The molecule has 1 fully saturated rings. The Morgan fingerprint density at radius 3 is 2.15 bits per heavy atom. The van der Waals surface area contributed by atoms with Crippen molar-refractivity contribution in [1.29, 1.82) is 0 Å². The lowest BCUT2D eigenvalue weighted by molar-refractivity contribution is -0.117. The van der Waals surface area contributed by atoms with Gasteiger partial charge in [-0.15, -0.1) is 0 Å². The Balaban J connectivity index is 1.56. The highest BCUT2D eigenvalue weighted by Gasteiger charge is 2.44. The first kappa shape index (κ1) is 21.1. The topological polar surface area (TPSA) is 76.1 Å². The van der Waals surface area contributed by atoms with Crippen LogP contribution in [0.1, 0.15) is 39.4 Å². The number of hydrogen-bond acceptors (Lipinski definition) is 5. The summed E-state index contributed by atoms with van der Waals surface area (Å²) < 4.78 is 11.1. The maximum Gasteiger partial charge on any atom is 0.294 e. The van der Waals surface area contributed by atoms with Crippen molar-refractivity contribution in [2.45, 2.75) is 19.3 Å². The Bertz CT molecular complexity index is 1210. The summed E-state index contributed by atoms with van der Waals surface area (Å²) in [5, 5.41) is 10.9. The molecule has 0 radical (unpaired) electrons. The molecule has 6 nitrogen and oxygen atoms in total. The Morgan fingerprint density at radius 1 is 0.879 bits per heavy atom. The molecule has 6 heteroatoms. The normalized spacial score (nSPS) is 18.9. The van der Waals surface area contributed by atoms with Gasteiger partial charge in [-0.2, -0.15) is 0 Å². The number of aliphatic hydroxyl groups is 1. The summed E-state index contributed by atoms with van der Waals surface area (Å²) in [4.78, 5) is 28.2. The summed E-state index contributed by atoms with van der Waals surface area (Å²) in [6.07, 6.45) is -0.427. The predicted octanol–water partition coefficient (Wildman–Crippen LogP) is 4.82. The Morgan fingerprint density at radius 2 is 1.52 bits per heavy atom. The predicted molar refractivity (Wildman–Crippen MR) is 123 cm³/mol. The third-order valence-corrected chi connectivity index (χ3v) is 5.95. The molecular weight excluding hydrogens is 418 g/mol. The number of aliphatic hydroxyl groups excluding tert-OH is 1. The number of carbonyl (C=O) groups is 2. The zero-order valence-corrected chi connectivity index (χ0v) is 18.1. The zero-order valence-electron chi connectivity index (χ0n) is 18.1. The molecule has 33 heavy (non-hydrogen) atoms. The van der Waals surface area contributed by atoms with Crippen LogP contribution in [0.4, 0.5) is 5.69 Å². The summed E-state index contributed by atoms with van der Waals surface area (Å²) in [6.45, 7) is 3.01. The third-order valence-electron chi connectivity index (χ3n) is 5.95. The zero-order chi connectivity index (χ0) is 22.9. The average Bonchev–Trinajstić information content (AvgIpc) is 3.47. The van der Waals surface area contributed by atoms with Crippen LogP contribution in [0.15, 0.2) is 90.2 Å². The van der Waals surface area contributed by atoms with Crippen LogP contribution in [0.3, 0.4) is 0 Å². The molecule has 3 aromatic rings. The van der Waals surface area contributed by atoms with Crippen molar-refractivity contribution in [1.82, 2.24) is 0 Å². The number of amides is 1. The lowest BCUT2D eigenvalue weighted by Gasteiger charge is -2.27. The number of nitrogens with zero attached hydrogens (tertiary/aromatic N) is 1. The molecule has 2 heterocycles. The van der Waals surface area contributed by atoms with Crippen LogP contribution >= 0.6 is 0 Å². The van der Waals surface area contributed by atoms with E-state index in [4.69, 9.17) is 9.47 Å². The van der Waals surface area contributed by atoms with E-state index in [-0.39, 0.29) is 11.4 Å². The maximum atomic E-state index is 13.5. The van der Waals surface area contributed by atoms with Gasteiger partial charge in [0.15, 0.2) is 17.8 Å². The van der Waals surface area contributed by atoms with E-state index in [1.54, 1.807) is 24.3 Å². The van der Waals surface area contributed by atoms with Crippen molar-refractivity contribution in [2.24, 2.45) is 0 Å². The van der Waals surface area contributed by atoms with Gasteiger partial charge >= 0.3 is 0 Å². The highest BCUT2D eigenvalue weighted by atomic mass is 16.7. The highest BCUT2D eigenvalue weighted by molar-refractivity contribution is 6.20. The number of benzene rings is 3. The monoisotopic (exact) mass is 441 g/mol. The molecule has 166 valence electrons. The number of ketones is 1. The van der Waals surface area contributed by atoms with E-state index >= 15 is 0 Å². The Labute approximate surface area is 191 Å². The molecule has 1 unspecified atom stereocenters. The standard InChI is InChI=1S/C27H23NO5/c1-17-7-9-19(10-8-17)24(29)22-23(18-5-3-2-4-6-18)28(26(31)25(22)30)21-13-11-20(12-14-21)27-32-15-16-33-27/h2-14,23,27,30H,15-16H2,1H3. The smallest absolute Gasteiger partial charge is 0.294 e. The molecule has 2 aliphatic rings. The van der Waals surface area contributed by atoms with Crippen LogP contribution in [-0.2, 0) is 14.3 Å². The summed E-state index contributed by atoms with van der Waals surface area (Å²) in [7, 11) is 0. The second-order valence-corrected chi connectivity index (χ2v) is 8.11. The van der Waals surface area contributed by atoms with Gasteiger partial charge in [0.2, 0.25) is 0 Å². The quantitative estimate of drug-likeness (QED) is 0.575. The maximum absolute atomic E-state index is 13.5. The van der Waals surface area contributed by atoms with Gasteiger partial charge in [-0.1, -0.05) is 72.3 Å². The minimum absolute atomic E-state index is 0.0709. The van der Waals surface area contributed by atoms with Crippen LogP contribution in [0, 0.1) is 6.92 Å². The molecule has 3 aromatic carbocycles. The van der Waals surface area contributed by atoms with Crippen molar-refractivity contribution in [3.8, 4) is 0 Å². The first-order chi connectivity index (χ1) is 16.0. The second-order valence-electron chi connectivity index (χ2n) is 8.11.